The van der Waals surface area contributed by atoms with Crippen LogP contribution in [-0.2, 0) is 6.42 Å². The van der Waals surface area contributed by atoms with Gasteiger partial charge in [-0.2, -0.15) is 18.2 Å². The van der Waals surface area contributed by atoms with Gasteiger partial charge in [0.2, 0.25) is 5.89 Å². The van der Waals surface area contributed by atoms with Crippen LogP contribution in [0.2, 0.25) is 0 Å². The van der Waals surface area contributed by atoms with Crippen molar-refractivity contribution >= 4 is 0 Å². The Balaban J connectivity index is 1.94. The third kappa shape index (κ3) is 3.44. The maximum absolute atomic E-state index is 12.2. The maximum atomic E-state index is 12.2. The van der Waals surface area contributed by atoms with Crippen molar-refractivity contribution in [1.29, 1.82) is 0 Å². The first-order valence-electron chi connectivity index (χ1n) is 6.04. The van der Waals surface area contributed by atoms with E-state index in [-0.39, 0.29) is 11.7 Å². The van der Waals surface area contributed by atoms with Crippen LogP contribution in [-0.4, -0.2) is 29.4 Å². The van der Waals surface area contributed by atoms with Gasteiger partial charge in [0.05, 0.1) is 0 Å². The molecular weight excluding hydrogens is 247 g/mol. The van der Waals surface area contributed by atoms with Crippen molar-refractivity contribution in [2.45, 2.75) is 50.2 Å². The number of halogens is 3. The van der Waals surface area contributed by atoms with E-state index in [9.17, 15) is 13.2 Å². The Morgan fingerprint density at radius 1 is 1.28 bits per heavy atom. The van der Waals surface area contributed by atoms with Crippen LogP contribution in [0, 0.1) is 0 Å². The van der Waals surface area contributed by atoms with Crippen LogP contribution in [0.25, 0.3) is 0 Å². The van der Waals surface area contributed by atoms with Crippen molar-refractivity contribution in [3.63, 3.8) is 0 Å². The molecule has 0 aliphatic heterocycles. The molecule has 1 aliphatic carbocycles. The van der Waals surface area contributed by atoms with Gasteiger partial charge in [0, 0.05) is 12.0 Å². The normalized spacial score (nSPS) is 25.3. The molecule has 1 fully saturated rings. The van der Waals surface area contributed by atoms with Crippen LogP contribution in [0.1, 0.15) is 43.3 Å². The summed E-state index contributed by atoms with van der Waals surface area (Å²) in [5, 5.41) is 6.59. The molecule has 0 spiro atoms. The van der Waals surface area contributed by atoms with E-state index in [1.807, 2.05) is 7.05 Å². The zero-order valence-electron chi connectivity index (χ0n) is 10.1. The highest BCUT2D eigenvalue weighted by atomic mass is 19.4. The van der Waals surface area contributed by atoms with Gasteiger partial charge in [-0.25, -0.2) is 0 Å². The highest BCUT2D eigenvalue weighted by Crippen LogP contribution is 2.32. The molecule has 4 nitrogen and oxygen atoms in total. The number of nitrogens with one attached hydrogen (secondary N) is 1. The Morgan fingerprint density at radius 3 is 2.50 bits per heavy atom. The van der Waals surface area contributed by atoms with Crippen LogP contribution in [0.3, 0.4) is 0 Å². The number of nitrogens with zero attached hydrogens (tertiary/aromatic N) is 2. The van der Waals surface area contributed by atoms with Gasteiger partial charge in [-0.3, -0.25) is 0 Å². The van der Waals surface area contributed by atoms with Crippen LogP contribution in [0.5, 0.6) is 0 Å². The summed E-state index contributed by atoms with van der Waals surface area (Å²) in [6, 6.07) is 0.485. The number of rotatable bonds is 3. The van der Waals surface area contributed by atoms with E-state index >= 15 is 0 Å². The highest BCUT2D eigenvalue weighted by molar-refractivity contribution is 4.98. The molecule has 0 saturated heterocycles. The third-order valence-corrected chi connectivity index (χ3v) is 3.33. The van der Waals surface area contributed by atoms with Crippen molar-refractivity contribution in [2.75, 3.05) is 7.05 Å². The minimum atomic E-state index is -4.29. The Hall–Kier alpha value is -1.11. The summed E-state index contributed by atoms with van der Waals surface area (Å²) in [5.74, 6) is 0.182. The lowest BCUT2D eigenvalue weighted by Gasteiger charge is -2.25. The third-order valence-electron chi connectivity index (χ3n) is 3.33. The Kier molecular flexibility index (Phi) is 3.89. The number of aromatic nitrogens is 2. The van der Waals surface area contributed by atoms with E-state index in [0.29, 0.717) is 11.9 Å². The van der Waals surface area contributed by atoms with Crippen LogP contribution >= 0.6 is 0 Å². The highest BCUT2D eigenvalue weighted by Gasteiger charge is 2.32. The molecule has 0 amide bonds. The van der Waals surface area contributed by atoms with Crippen molar-refractivity contribution in [1.82, 2.24) is 15.5 Å². The summed E-state index contributed by atoms with van der Waals surface area (Å²) in [7, 11) is 1.92. The largest absolute Gasteiger partial charge is 0.396 e. The van der Waals surface area contributed by atoms with Gasteiger partial charge in [0.1, 0.15) is 6.42 Å². The summed E-state index contributed by atoms with van der Waals surface area (Å²) in [6.07, 6.45) is -1.69. The lowest BCUT2D eigenvalue weighted by Crippen LogP contribution is -2.29. The molecule has 0 unspecified atom stereocenters. The predicted octanol–water partition coefficient (Wildman–Crippen LogP) is 2.42. The van der Waals surface area contributed by atoms with Gasteiger partial charge in [0.25, 0.3) is 0 Å². The molecule has 0 atom stereocenters. The Labute approximate surface area is 103 Å². The van der Waals surface area contributed by atoms with E-state index in [1.54, 1.807) is 0 Å². The SMILES string of the molecule is CNC1CCC(c2nc(CC(F)(F)F)no2)CC1. The fraction of sp³-hybridized carbons (Fsp3) is 0.818. The molecular formula is C11H16F3N3O. The first-order valence-corrected chi connectivity index (χ1v) is 6.04. The molecule has 2 rings (SSSR count). The molecule has 0 bridgehead atoms. The van der Waals surface area contributed by atoms with E-state index in [2.05, 4.69) is 15.5 Å². The van der Waals surface area contributed by atoms with Gasteiger partial charge in [-0.1, -0.05) is 5.16 Å². The average molecular weight is 263 g/mol. The molecule has 102 valence electrons. The topological polar surface area (TPSA) is 51.0 Å². The summed E-state index contributed by atoms with van der Waals surface area (Å²) in [4.78, 5) is 3.85. The predicted molar refractivity (Wildman–Crippen MR) is 58.1 cm³/mol. The van der Waals surface area contributed by atoms with Crippen LogP contribution in [0.4, 0.5) is 13.2 Å². The van der Waals surface area contributed by atoms with Crippen LogP contribution < -0.4 is 5.32 Å². The van der Waals surface area contributed by atoms with Gasteiger partial charge in [0.15, 0.2) is 5.82 Å². The van der Waals surface area contributed by atoms with Crippen LogP contribution in [0.15, 0.2) is 4.52 Å². The number of hydrogen-bond acceptors (Lipinski definition) is 4. The van der Waals surface area contributed by atoms with Crippen molar-refractivity contribution in [2.24, 2.45) is 0 Å². The molecule has 1 N–H and O–H groups in total. The minimum absolute atomic E-state index is 0.101. The van der Waals surface area contributed by atoms with Crippen molar-refractivity contribution in [3.05, 3.63) is 11.7 Å². The van der Waals surface area contributed by atoms with E-state index in [1.165, 1.54) is 0 Å². The monoisotopic (exact) mass is 263 g/mol. The molecule has 7 heteroatoms. The Morgan fingerprint density at radius 2 is 1.94 bits per heavy atom. The van der Waals surface area contributed by atoms with Crippen molar-refractivity contribution < 1.29 is 17.7 Å². The summed E-state index contributed by atoms with van der Waals surface area (Å²) < 4.78 is 41.4. The summed E-state index contributed by atoms with van der Waals surface area (Å²) >= 11 is 0. The second kappa shape index (κ2) is 5.26. The molecule has 18 heavy (non-hydrogen) atoms. The molecule has 1 saturated carbocycles. The van der Waals surface area contributed by atoms with Crippen molar-refractivity contribution in [3.8, 4) is 0 Å². The first kappa shape index (κ1) is 13.3. The molecule has 1 aliphatic rings. The fourth-order valence-corrected chi connectivity index (χ4v) is 2.31. The lowest BCUT2D eigenvalue weighted by molar-refractivity contribution is -0.128. The van der Waals surface area contributed by atoms with E-state index in [0.717, 1.165) is 25.7 Å². The zero-order valence-corrected chi connectivity index (χ0v) is 10.1. The van der Waals surface area contributed by atoms with Gasteiger partial charge in [-0.15, -0.1) is 0 Å². The van der Waals surface area contributed by atoms with E-state index < -0.39 is 12.6 Å². The molecule has 1 heterocycles. The molecule has 1 aromatic heterocycles. The molecule has 1 aromatic rings. The summed E-state index contributed by atoms with van der Waals surface area (Å²) in [6.45, 7) is 0. The fourth-order valence-electron chi connectivity index (χ4n) is 2.31. The first-order chi connectivity index (χ1) is 8.48. The average Bonchev–Trinajstić information content (AvgIpc) is 2.75. The van der Waals surface area contributed by atoms with Gasteiger partial charge < -0.3 is 9.84 Å². The van der Waals surface area contributed by atoms with Gasteiger partial charge >= 0.3 is 6.18 Å². The smallest absolute Gasteiger partial charge is 0.339 e. The number of hydrogen-bond donors (Lipinski definition) is 1. The second-order valence-corrected chi connectivity index (χ2v) is 4.68. The number of alkyl halides is 3. The lowest BCUT2D eigenvalue weighted by atomic mass is 9.86. The zero-order chi connectivity index (χ0) is 13.2. The van der Waals surface area contributed by atoms with Gasteiger partial charge in [-0.05, 0) is 32.7 Å². The van der Waals surface area contributed by atoms with E-state index in [4.69, 9.17) is 4.52 Å². The second-order valence-electron chi connectivity index (χ2n) is 4.68. The molecule has 0 radical (unpaired) electrons. The Bertz CT molecular complexity index is 383. The molecule has 0 aromatic carbocycles. The summed E-state index contributed by atoms with van der Waals surface area (Å²) in [5.41, 5.74) is 0. The minimum Gasteiger partial charge on any atom is -0.339 e. The standard InChI is InChI=1S/C11H16F3N3O/c1-15-8-4-2-7(3-5-8)10-16-9(17-18-10)6-11(12,13)14/h7-8,15H,2-6H2,1H3. The maximum Gasteiger partial charge on any atom is 0.396 e. The quantitative estimate of drug-likeness (QED) is 0.910.